The number of esters is 1. The smallest absolute Gasteiger partial charge is 0.312 e. The molecule has 0 spiro atoms. The molecule has 0 amide bonds. The number of carbonyl (C=O) groups is 1. The molecule has 0 fully saturated rings. The zero-order chi connectivity index (χ0) is 25.6. The molecular weight excluding hydrogens is 468 g/mol. The van der Waals surface area contributed by atoms with Gasteiger partial charge in [0.2, 0.25) is 0 Å². The third kappa shape index (κ3) is 3.74. The highest BCUT2D eigenvalue weighted by Gasteiger charge is 2.35. The van der Waals surface area contributed by atoms with E-state index in [4.69, 9.17) is 23.4 Å². The molecule has 9 heteroatoms. The molecule has 0 bridgehead atoms. The van der Waals surface area contributed by atoms with E-state index in [9.17, 15) is 19.8 Å². The van der Waals surface area contributed by atoms with Gasteiger partial charge in [0, 0.05) is 34.7 Å². The summed E-state index contributed by atoms with van der Waals surface area (Å²) >= 11 is 0. The molecule has 36 heavy (non-hydrogen) atoms. The number of rotatable bonds is 5. The Morgan fingerprint density at radius 2 is 1.61 bits per heavy atom. The van der Waals surface area contributed by atoms with Crippen LogP contribution in [-0.4, -0.2) is 37.5 Å². The van der Waals surface area contributed by atoms with Crippen molar-refractivity contribution in [1.82, 2.24) is 0 Å². The van der Waals surface area contributed by atoms with Crippen molar-refractivity contribution in [3.63, 3.8) is 0 Å². The molecular formula is C27H22O9. The van der Waals surface area contributed by atoms with Crippen molar-refractivity contribution < 1.29 is 38.4 Å². The number of ether oxygens (including phenoxy) is 4. The normalized spacial score (nSPS) is 14.8. The molecule has 1 aliphatic rings. The zero-order valence-corrected chi connectivity index (χ0v) is 19.7. The first-order valence-electron chi connectivity index (χ1n) is 11.0. The fraction of sp³-hybridized carbons (Fsp3) is 0.185. The average Bonchev–Trinajstić information content (AvgIpc) is 2.87. The molecule has 184 valence electrons. The second kappa shape index (κ2) is 8.84. The third-order valence-corrected chi connectivity index (χ3v) is 6.20. The lowest BCUT2D eigenvalue weighted by molar-refractivity contribution is -0.135. The number of aromatic hydroxyl groups is 2. The highest BCUT2D eigenvalue weighted by molar-refractivity contribution is 5.93. The molecule has 9 nitrogen and oxygen atoms in total. The summed E-state index contributed by atoms with van der Waals surface area (Å²) in [4.78, 5) is 25.7. The van der Waals surface area contributed by atoms with Crippen molar-refractivity contribution >= 4 is 16.9 Å². The minimum absolute atomic E-state index is 0.0555. The van der Waals surface area contributed by atoms with Gasteiger partial charge in [0.15, 0.2) is 16.9 Å². The molecule has 0 aliphatic carbocycles. The van der Waals surface area contributed by atoms with E-state index in [1.807, 2.05) is 0 Å². The van der Waals surface area contributed by atoms with Crippen molar-refractivity contribution in [3.8, 4) is 45.8 Å². The van der Waals surface area contributed by atoms with Crippen molar-refractivity contribution in [2.24, 2.45) is 0 Å². The van der Waals surface area contributed by atoms with Crippen LogP contribution in [0.4, 0.5) is 0 Å². The van der Waals surface area contributed by atoms with E-state index >= 15 is 0 Å². The lowest BCUT2D eigenvalue weighted by atomic mass is 9.84. The van der Waals surface area contributed by atoms with E-state index in [0.717, 1.165) is 0 Å². The van der Waals surface area contributed by atoms with Crippen LogP contribution in [0.15, 0.2) is 57.7 Å². The number of carbonyl (C=O) groups excluding carboxylic acids is 1. The highest BCUT2D eigenvalue weighted by atomic mass is 16.5. The van der Waals surface area contributed by atoms with Gasteiger partial charge in [-0.2, -0.15) is 0 Å². The maximum Gasteiger partial charge on any atom is 0.312 e. The molecule has 2 N–H and O–H groups in total. The summed E-state index contributed by atoms with van der Waals surface area (Å²) in [6, 6.07) is 12.2. The summed E-state index contributed by atoms with van der Waals surface area (Å²) in [6.07, 6.45) is -0.0618. The van der Waals surface area contributed by atoms with Gasteiger partial charge in [0.25, 0.3) is 0 Å². The van der Waals surface area contributed by atoms with E-state index < -0.39 is 17.3 Å². The van der Waals surface area contributed by atoms with Crippen molar-refractivity contribution in [2.75, 3.05) is 21.3 Å². The van der Waals surface area contributed by atoms with Crippen LogP contribution in [0.1, 0.15) is 23.5 Å². The van der Waals surface area contributed by atoms with Crippen LogP contribution >= 0.6 is 0 Å². The predicted molar refractivity (Wildman–Crippen MR) is 129 cm³/mol. The lowest BCUT2D eigenvalue weighted by Gasteiger charge is -2.27. The predicted octanol–water partition coefficient (Wildman–Crippen LogP) is 4.34. The molecule has 0 saturated carbocycles. The van der Waals surface area contributed by atoms with Gasteiger partial charge >= 0.3 is 5.97 Å². The van der Waals surface area contributed by atoms with Crippen LogP contribution in [0.3, 0.4) is 0 Å². The van der Waals surface area contributed by atoms with E-state index in [1.54, 1.807) is 30.3 Å². The summed E-state index contributed by atoms with van der Waals surface area (Å²) in [5, 5.41) is 20.8. The molecule has 4 aromatic rings. The first kappa shape index (κ1) is 23.1. The maximum atomic E-state index is 13.2. The Morgan fingerprint density at radius 1 is 0.861 bits per heavy atom. The monoisotopic (exact) mass is 490 g/mol. The number of hydrogen-bond acceptors (Lipinski definition) is 9. The topological polar surface area (TPSA) is 125 Å². The summed E-state index contributed by atoms with van der Waals surface area (Å²) < 4.78 is 27.6. The van der Waals surface area contributed by atoms with Crippen molar-refractivity contribution in [3.05, 3.63) is 69.9 Å². The van der Waals surface area contributed by atoms with Gasteiger partial charge in [-0.3, -0.25) is 9.59 Å². The molecule has 1 aromatic heterocycles. The molecule has 1 aliphatic heterocycles. The molecule has 5 rings (SSSR count). The van der Waals surface area contributed by atoms with Crippen LogP contribution in [0.25, 0.3) is 22.3 Å². The van der Waals surface area contributed by atoms with Gasteiger partial charge in [0.05, 0.1) is 27.8 Å². The fourth-order valence-electron chi connectivity index (χ4n) is 4.52. The maximum absolute atomic E-state index is 13.2. The summed E-state index contributed by atoms with van der Waals surface area (Å²) in [7, 11) is 4.46. The Labute approximate surface area is 205 Å². The van der Waals surface area contributed by atoms with Crippen LogP contribution in [-0.2, 0) is 4.79 Å². The molecule has 2 heterocycles. The Kier molecular flexibility index (Phi) is 5.68. The first-order valence-corrected chi connectivity index (χ1v) is 11.0. The van der Waals surface area contributed by atoms with Crippen LogP contribution in [0.2, 0.25) is 0 Å². The second-order valence-electron chi connectivity index (χ2n) is 8.21. The van der Waals surface area contributed by atoms with Gasteiger partial charge in [-0.25, -0.2) is 0 Å². The first-order chi connectivity index (χ1) is 17.3. The minimum Gasteiger partial charge on any atom is -0.507 e. The Balaban J connectivity index is 1.81. The Morgan fingerprint density at radius 3 is 2.31 bits per heavy atom. The van der Waals surface area contributed by atoms with E-state index in [1.165, 1.54) is 39.5 Å². The van der Waals surface area contributed by atoms with Gasteiger partial charge in [-0.1, -0.05) is 0 Å². The van der Waals surface area contributed by atoms with Gasteiger partial charge in [-0.15, -0.1) is 0 Å². The Hall–Kier alpha value is -4.66. The van der Waals surface area contributed by atoms with E-state index in [-0.39, 0.29) is 46.1 Å². The van der Waals surface area contributed by atoms with Gasteiger partial charge < -0.3 is 33.6 Å². The van der Waals surface area contributed by atoms with Crippen molar-refractivity contribution in [1.29, 1.82) is 0 Å². The average molecular weight is 490 g/mol. The zero-order valence-electron chi connectivity index (χ0n) is 19.7. The van der Waals surface area contributed by atoms with Crippen molar-refractivity contribution in [2.45, 2.75) is 12.3 Å². The molecule has 0 saturated heterocycles. The number of phenols is 2. The lowest BCUT2D eigenvalue weighted by Crippen LogP contribution is -2.22. The van der Waals surface area contributed by atoms with Gasteiger partial charge in [-0.05, 0) is 36.4 Å². The largest absolute Gasteiger partial charge is 0.507 e. The SMILES string of the molecule is COc1ccc(OC)c(C2CC(=O)Oc3cc(O)c4c(=O)cc(-c5ccc(OC)c(O)c5)oc4c32)c1. The standard InChI is InChI=1S/C27H22O9/c1-32-14-5-7-20(33-2)15(9-14)16-10-24(31)35-23-12-19(30)26-18(29)11-22(36-27(26)25(16)23)13-4-6-21(34-3)17(28)8-13/h4-9,11-12,16,28,30H,10H2,1-3H3. The summed E-state index contributed by atoms with van der Waals surface area (Å²) in [6.45, 7) is 0. The highest BCUT2D eigenvalue weighted by Crippen LogP contribution is 2.48. The summed E-state index contributed by atoms with van der Waals surface area (Å²) in [5.41, 5.74) is 0.996. The second-order valence-corrected chi connectivity index (χ2v) is 8.21. The number of methoxy groups -OCH3 is 3. The van der Waals surface area contributed by atoms with Crippen LogP contribution < -0.4 is 24.4 Å². The number of phenolic OH excluding ortho intramolecular Hbond substituents is 2. The molecule has 1 atom stereocenters. The molecule has 3 aromatic carbocycles. The number of fused-ring (bicyclic) bond motifs is 3. The molecule has 0 radical (unpaired) electrons. The van der Waals surface area contributed by atoms with Crippen LogP contribution in [0.5, 0.6) is 34.5 Å². The van der Waals surface area contributed by atoms with E-state index in [2.05, 4.69) is 0 Å². The van der Waals surface area contributed by atoms with Gasteiger partial charge in [0.1, 0.15) is 39.7 Å². The third-order valence-electron chi connectivity index (χ3n) is 6.20. The Bertz CT molecular complexity index is 1570. The quantitative estimate of drug-likeness (QED) is 0.310. The fourth-order valence-corrected chi connectivity index (χ4v) is 4.52. The van der Waals surface area contributed by atoms with Crippen LogP contribution in [0, 0.1) is 0 Å². The summed E-state index contributed by atoms with van der Waals surface area (Å²) in [5.74, 6) is -0.140. The number of benzene rings is 3. The molecule has 1 unspecified atom stereocenters. The minimum atomic E-state index is -0.628. The number of hydrogen-bond donors (Lipinski definition) is 2. The van der Waals surface area contributed by atoms with E-state index in [0.29, 0.717) is 28.2 Å².